The van der Waals surface area contributed by atoms with Crippen molar-refractivity contribution in [2.24, 2.45) is 4.99 Å². The van der Waals surface area contributed by atoms with E-state index in [1.807, 2.05) is 25.2 Å². The third-order valence-corrected chi connectivity index (χ3v) is 4.36. The number of nitrogens with zero attached hydrogens (tertiary/aromatic N) is 6. The molecule has 1 fully saturated rings. The van der Waals surface area contributed by atoms with Crippen molar-refractivity contribution in [2.75, 3.05) is 44.7 Å². The second kappa shape index (κ2) is 11.6. The highest BCUT2D eigenvalue weighted by atomic mass is 127. The van der Waals surface area contributed by atoms with Gasteiger partial charge < -0.3 is 19.9 Å². The van der Waals surface area contributed by atoms with Crippen molar-refractivity contribution in [1.29, 1.82) is 0 Å². The van der Waals surface area contributed by atoms with E-state index in [1.54, 1.807) is 18.6 Å². The largest absolute Gasteiger partial charge is 0.477 e. The number of nitrogens with one attached hydrogen (secondary N) is 1. The van der Waals surface area contributed by atoms with Crippen LogP contribution in [0.25, 0.3) is 0 Å². The van der Waals surface area contributed by atoms with Crippen molar-refractivity contribution < 1.29 is 4.74 Å². The van der Waals surface area contributed by atoms with Gasteiger partial charge in [-0.3, -0.25) is 4.99 Å². The fourth-order valence-corrected chi connectivity index (χ4v) is 2.97. The summed E-state index contributed by atoms with van der Waals surface area (Å²) in [5.41, 5.74) is 1.03. The number of piperazine rings is 1. The summed E-state index contributed by atoms with van der Waals surface area (Å²) in [6.45, 7) is 6.84. The molecule has 0 spiro atoms. The molecule has 2 aromatic heterocycles. The van der Waals surface area contributed by atoms with E-state index in [0.29, 0.717) is 19.0 Å². The molecule has 0 unspecified atom stereocenters. The van der Waals surface area contributed by atoms with Crippen LogP contribution in [-0.4, -0.2) is 65.6 Å². The number of aliphatic imine (C=N–C) groups is 1. The Balaban J connectivity index is 0.00000280. The lowest BCUT2D eigenvalue weighted by Crippen LogP contribution is -2.52. The lowest BCUT2D eigenvalue weighted by molar-refractivity contribution is 0.301. The summed E-state index contributed by atoms with van der Waals surface area (Å²) in [7, 11) is 1.81. The summed E-state index contributed by atoms with van der Waals surface area (Å²) < 4.78 is 5.74. The molecule has 1 saturated heterocycles. The van der Waals surface area contributed by atoms with E-state index < -0.39 is 0 Å². The van der Waals surface area contributed by atoms with E-state index in [4.69, 9.17) is 4.74 Å². The van der Waals surface area contributed by atoms with Gasteiger partial charge in [0.15, 0.2) is 5.96 Å². The minimum atomic E-state index is 0. The standard InChI is InChI=1S/C19H27N7O.HI/c1-3-14-27-17-16(6-4-7-21-17)15-24-18(20-2)25-10-12-26(13-11-25)19-22-8-5-9-23-19;/h4-9H,3,10-15H2,1-2H3,(H,20,24);1H. The Hall–Kier alpha value is -2.17. The van der Waals surface area contributed by atoms with Crippen LogP contribution < -0.4 is 15.0 Å². The molecule has 0 aromatic carbocycles. The molecule has 2 aromatic rings. The molecule has 0 aliphatic carbocycles. The molecule has 152 valence electrons. The van der Waals surface area contributed by atoms with Gasteiger partial charge in [-0.15, -0.1) is 24.0 Å². The van der Waals surface area contributed by atoms with E-state index in [-0.39, 0.29) is 24.0 Å². The minimum absolute atomic E-state index is 0. The first-order valence-corrected chi connectivity index (χ1v) is 9.36. The number of hydrogen-bond donors (Lipinski definition) is 1. The molecule has 1 N–H and O–H groups in total. The molecule has 3 heterocycles. The van der Waals surface area contributed by atoms with E-state index >= 15 is 0 Å². The van der Waals surface area contributed by atoms with Crippen molar-refractivity contribution in [1.82, 2.24) is 25.2 Å². The summed E-state index contributed by atoms with van der Waals surface area (Å²) in [6, 6.07) is 5.79. The summed E-state index contributed by atoms with van der Waals surface area (Å²) in [5.74, 6) is 2.36. The third kappa shape index (κ3) is 5.91. The maximum Gasteiger partial charge on any atom is 0.225 e. The Kier molecular flexibility index (Phi) is 9.18. The Bertz CT molecular complexity index is 736. The summed E-state index contributed by atoms with van der Waals surface area (Å²) in [5, 5.41) is 3.43. The monoisotopic (exact) mass is 497 g/mol. The Morgan fingerprint density at radius 2 is 1.82 bits per heavy atom. The van der Waals surface area contributed by atoms with Gasteiger partial charge in [-0.25, -0.2) is 15.0 Å². The van der Waals surface area contributed by atoms with Crippen LogP contribution in [-0.2, 0) is 6.54 Å². The zero-order chi connectivity index (χ0) is 18.9. The van der Waals surface area contributed by atoms with E-state index in [2.05, 4.69) is 42.0 Å². The molecule has 0 amide bonds. The van der Waals surface area contributed by atoms with E-state index in [1.165, 1.54) is 0 Å². The van der Waals surface area contributed by atoms with Crippen molar-refractivity contribution in [2.45, 2.75) is 19.9 Å². The van der Waals surface area contributed by atoms with Gasteiger partial charge in [-0.05, 0) is 18.6 Å². The first kappa shape index (κ1) is 22.1. The van der Waals surface area contributed by atoms with Gasteiger partial charge in [-0.1, -0.05) is 13.0 Å². The van der Waals surface area contributed by atoms with Gasteiger partial charge in [0.25, 0.3) is 0 Å². The molecule has 8 nitrogen and oxygen atoms in total. The summed E-state index contributed by atoms with van der Waals surface area (Å²) in [6.07, 6.45) is 6.28. The van der Waals surface area contributed by atoms with Crippen LogP contribution in [0.2, 0.25) is 0 Å². The van der Waals surface area contributed by atoms with Gasteiger partial charge >= 0.3 is 0 Å². The number of rotatable bonds is 6. The highest BCUT2D eigenvalue weighted by Gasteiger charge is 2.21. The first-order valence-electron chi connectivity index (χ1n) is 9.36. The van der Waals surface area contributed by atoms with Crippen molar-refractivity contribution in [3.8, 4) is 5.88 Å². The highest BCUT2D eigenvalue weighted by Crippen LogP contribution is 2.15. The number of halogens is 1. The third-order valence-electron chi connectivity index (χ3n) is 4.36. The number of pyridine rings is 1. The van der Waals surface area contributed by atoms with Gasteiger partial charge in [0.05, 0.1) is 6.61 Å². The first-order chi connectivity index (χ1) is 13.3. The Labute approximate surface area is 183 Å². The molecule has 0 saturated carbocycles. The second-order valence-electron chi connectivity index (χ2n) is 6.24. The Morgan fingerprint density at radius 3 is 2.50 bits per heavy atom. The molecule has 0 radical (unpaired) electrons. The number of ether oxygens (including phenoxy) is 1. The molecular weight excluding hydrogens is 469 g/mol. The molecule has 9 heteroatoms. The topological polar surface area (TPSA) is 78.8 Å². The molecule has 0 atom stereocenters. The lowest BCUT2D eigenvalue weighted by Gasteiger charge is -2.36. The molecule has 3 rings (SSSR count). The maximum atomic E-state index is 5.74. The zero-order valence-electron chi connectivity index (χ0n) is 16.4. The number of anilines is 1. The van der Waals surface area contributed by atoms with Crippen molar-refractivity contribution in [3.05, 3.63) is 42.4 Å². The lowest BCUT2D eigenvalue weighted by atomic mass is 10.2. The van der Waals surface area contributed by atoms with Crippen LogP contribution in [0.15, 0.2) is 41.8 Å². The zero-order valence-corrected chi connectivity index (χ0v) is 18.7. The van der Waals surface area contributed by atoms with Gasteiger partial charge in [0.2, 0.25) is 11.8 Å². The SMILES string of the molecule is CCCOc1ncccc1CNC(=NC)N1CCN(c2ncccn2)CC1.I. The quantitative estimate of drug-likeness (QED) is 0.373. The van der Waals surface area contributed by atoms with E-state index in [9.17, 15) is 0 Å². The van der Waals surface area contributed by atoms with Gasteiger partial charge in [0, 0.05) is 63.9 Å². The summed E-state index contributed by atoms with van der Waals surface area (Å²) >= 11 is 0. The van der Waals surface area contributed by atoms with Crippen LogP contribution in [0.3, 0.4) is 0 Å². The summed E-state index contributed by atoms with van der Waals surface area (Å²) in [4.78, 5) is 21.9. The fourth-order valence-electron chi connectivity index (χ4n) is 2.97. The van der Waals surface area contributed by atoms with Crippen molar-refractivity contribution >= 4 is 35.9 Å². The predicted molar refractivity (Wildman–Crippen MR) is 121 cm³/mol. The van der Waals surface area contributed by atoms with Crippen LogP contribution in [0.1, 0.15) is 18.9 Å². The van der Waals surface area contributed by atoms with Crippen LogP contribution in [0, 0.1) is 0 Å². The molecule has 28 heavy (non-hydrogen) atoms. The highest BCUT2D eigenvalue weighted by molar-refractivity contribution is 14.0. The van der Waals surface area contributed by atoms with Crippen molar-refractivity contribution in [3.63, 3.8) is 0 Å². The Morgan fingerprint density at radius 1 is 1.11 bits per heavy atom. The van der Waals surface area contributed by atoms with Crippen LogP contribution >= 0.6 is 24.0 Å². The average Bonchev–Trinajstić information content (AvgIpc) is 2.74. The van der Waals surface area contributed by atoms with E-state index in [0.717, 1.165) is 50.1 Å². The molecule has 0 bridgehead atoms. The molecule has 1 aliphatic heterocycles. The molecule has 1 aliphatic rings. The normalized spacial score (nSPS) is 14.4. The second-order valence-corrected chi connectivity index (χ2v) is 6.24. The number of guanidine groups is 1. The van der Waals surface area contributed by atoms with Gasteiger partial charge in [0.1, 0.15) is 0 Å². The number of hydrogen-bond acceptors (Lipinski definition) is 6. The van der Waals surface area contributed by atoms with Crippen LogP contribution in [0.4, 0.5) is 5.95 Å². The molecular formula is C19H28IN7O. The maximum absolute atomic E-state index is 5.74. The number of aromatic nitrogens is 3. The smallest absolute Gasteiger partial charge is 0.225 e. The fraction of sp³-hybridized carbons (Fsp3) is 0.474. The average molecular weight is 497 g/mol. The minimum Gasteiger partial charge on any atom is -0.477 e. The van der Waals surface area contributed by atoms with Gasteiger partial charge in [-0.2, -0.15) is 0 Å². The van der Waals surface area contributed by atoms with Crippen LogP contribution in [0.5, 0.6) is 5.88 Å². The predicted octanol–water partition coefficient (Wildman–Crippen LogP) is 2.18.